The maximum atomic E-state index is 13.2. The summed E-state index contributed by atoms with van der Waals surface area (Å²) in [4.78, 5) is 38.0. The molecule has 8 heteroatoms. The minimum Gasteiger partial charge on any atom is -0.397 e. The molecule has 3 amide bonds. The molecular formula is C25H23FN4O3. The molecule has 1 heterocycles. The molecule has 1 aliphatic rings. The van der Waals surface area contributed by atoms with Crippen LogP contribution in [0, 0.1) is 5.82 Å². The van der Waals surface area contributed by atoms with Crippen LogP contribution in [0.4, 0.5) is 21.5 Å². The predicted molar refractivity (Wildman–Crippen MR) is 125 cm³/mol. The summed E-state index contributed by atoms with van der Waals surface area (Å²) in [6.07, 6.45) is 1.25. The first-order valence-electron chi connectivity index (χ1n) is 10.5. The monoisotopic (exact) mass is 446 g/mol. The van der Waals surface area contributed by atoms with E-state index in [0.29, 0.717) is 35.6 Å². The highest BCUT2D eigenvalue weighted by Crippen LogP contribution is 2.28. The number of nitrogen functional groups attached to an aromatic ring is 1. The van der Waals surface area contributed by atoms with E-state index >= 15 is 0 Å². The highest BCUT2D eigenvalue weighted by atomic mass is 19.1. The van der Waals surface area contributed by atoms with Gasteiger partial charge < -0.3 is 21.3 Å². The molecule has 0 spiro atoms. The zero-order chi connectivity index (χ0) is 23.4. The molecule has 4 rings (SSSR count). The van der Waals surface area contributed by atoms with Crippen LogP contribution in [0.2, 0.25) is 0 Å². The Morgan fingerprint density at radius 1 is 0.939 bits per heavy atom. The van der Waals surface area contributed by atoms with E-state index < -0.39 is 0 Å². The number of likely N-dealkylation sites (tertiary alicyclic amines) is 1. The Balaban J connectivity index is 1.40. The number of nitrogens with two attached hydrogens (primary N) is 1. The van der Waals surface area contributed by atoms with Crippen LogP contribution in [0.3, 0.4) is 0 Å². The Hall–Kier alpha value is -4.20. The van der Waals surface area contributed by atoms with E-state index in [4.69, 9.17) is 5.73 Å². The first-order valence-corrected chi connectivity index (χ1v) is 10.5. The first-order chi connectivity index (χ1) is 15.9. The number of nitrogens with one attached hydrogen (secondary N) is 2. The van der Waals surface area contributed by atoms with Gasteiger partial charge in [0.1, 0.15) is 5.82 Å². The van der Waals surface area contributed by atoms with Crippen LogP contribution < -0.4 is 16.4 Å². The van der Waals surface area contributed by atoms with Gasteiger partial charge in [0, 0.05) is 24.2 Å². The van der Waals surface area contributed by atoms with Crippen LogP contribution >= 0.6 is 0 Å². The largest absolute Gasteiger partial charge is 0.397 e. The molecule has 1 aliphatic heterocycles. The number of hydrogen-bond donors (Lipinski definition) is 3. The van der Waals surface area contributed by atoms with E-state index in [-0.39, 0.29) is 30.1 Å². The van der Waals surface area contributed by atoms with Crippen LogP contribution in [0.5, 0.6) is 0 Å². The molecule has 0 atom stereocenters. The van der Waals surface area contributed by atoms with Crippen LogP contribution in [0.25, 0.3) is 11.1 Å². The van der Waals surface area contributed by atoms with Crippen molar-refractivity contribution in [2.45, 2.75) is 12.8 Å². The molecule has 0 aliphatic carbocycles. The van der Waals surface area contributed by atoms with E-state index in [0.717, 1.165) is 17.5 Å². The van der Waals surface area contributed by atoms with Gasteiger partial charge in [-0.3, -0.25) is 14.4 Å². The summed E-state index contributed by atoms with van der Waals surface area (Å²) >= 11 is 0. The fourth-order valence-electron chi connectivity index (χ4n) is 3.63. The molecule has 3 aromatic rings. The third-order valence-corrected chi connectivity index (χ3v) is 5.42. The molecule has 168 valence electrons. The zero-order valence-electron chi connectivity index (χ0n) is 17.8. The van der Waals surface area contributed by atoms with Gasteiger partial charge in [0.15, 0.2) is 0 Å². The molecule has 0 unspecified atom stereocenters. The normalized spacial score (nSPS) is 13.1. The van der Waals surface area contributed by atoms with Crippen molar-refractivity contribution in [2.75, 3.05) is 29.5 Å². The van der Waals surface area contributed by atoms with Gasteiger partial charge in [-0.1, -0.05) is 18.2 Å². The van der Waals surface area contributed by atoms with Crippen molar-refractivity contribution in [3.63, 3.8) is 0 Å². The van der Waals surface area contributed by atoms with Gasteiger partial charge in [-0.25, -0.2) is 4.39 Å². The van der Waals surface area contributed by atoms with Gasteiger partial charge in [0.05, 0.1) is 17.9 Å². The SMILES string of the molecule is Nc1ccc(-c2ccc(F)cc2)cc1NC(=O)c1ccc(NC(=O)CN2CCCC2=O)cc1. The van der Waals surface area contributed by atoms with Crippen LogP contribution in [-0.2, 0) is 9.59 Å². The number of hydrogen-bond acceptors (Lipinski definition) is 4. The number of carbonyl (C=O) groups excluding carboxylic acids is 3. The summed E-state index contributed by atoms with van der Waals surface area (Å²) in [7, 11) is 0. The Kier molecular flexibility index (Phi) is 6.35. The second-order valence-corrected chi connectivity index (χ2v) is 7.81. The second-order valence-electron chi connectivity index (χ2n) is 7.81. The second kappa shape index (κ2) is 9.52. The van der Waals surface area contributed by atoms with Crippen LogP contribution in [0.15, 0.2) is 66.7 Å². The molecule has 7 nitrogen and oxygen atoms in total. The Labute approximate surface area is 190 Å². The highest BCUT2D eigenvalue weighted by molar-refractivity contribution is 6.06. The summed E-state index contributed by atoms with van der Waals surface area (Å²) in [6.45, 7) is 0.613. The van der Waals surface area contributed by atoms with E-state index in [1.165, 1.54) is 17.0 Å². The number of rotatable bonds is 6. The van der Waals surface area contributed by atoms with Gasteiger partial charge in [0.25, 0.3) is 5.91 Å². The van der Waals surface area contributed by atoms with Gasteiger partial charge in [-0.05, 0) is 66.1 Å². The number of benzene rings is 3. The average molecular weight is 446 g/mol. The molecule has 0 bridgehead atoms. The molecule has 33 heavy (non-hydrogen) atoms. The van der Waals surface area contributed by atoms with Crippen molar-refractivity contribution in [3.05, 3.63) is 78.1 Å². The maximum absolute atomic E-state index is 13.2. The predicted octanol–water partition coefficient (Wildman–Crippen LogP) is 3.89. The van der Waals surface area contributed by atoms with Crippen molar-refractivity contribution >= 4 is 34.8 Å². The molecule has 3 aromatic carbocycles. The highest BCUT2D eigenvalue weighted by Gasteiger charge is 2.22. The minimum absolute atomic E-state index is 0.0139. The summed E-state index contributed by atoms with van der Waals surface area (Å²) in [5, 5.41) is 5.52. The summed E-state index contributed by atoms with van der Waals surface area (Å²) in [5.41, 5.74) is 9.35. The Morgan fingerprint density at radius 3 is 2.30 bits per heavy atom. The van der Waals surface area contributed by atoms with Gasteiger partial charge in [-0.2, -0.15) is 0 Å². The van der Waals surface area contributed by atoms with E-state index in [1.54, 1.807) is 54.6 Å². The standard InChI is InChI=1S/C25H23FN4O3/c26-19-8-3-16(4-9-19)18-7-12-21(27)22(14-18)29-25(33)17-5-10-20(11-6-17)28-23(31)15-30-13-1-2-24(30)32/h3-12,14H,1-2,13,15,27H2,(H,28,31)(H,29,33). The third kappa shape index (κ3) is 5.35. The molecular weight excluding hydrogens is 423 g/mol. The number of anilines is 3. The van der Waals surface area contributed by atoms with Crippen molar-refractivity contribution in [1.29, 1.82) is 0 Å². The summed E-state index contributed by atoms with van der Waals surface area (Å²) in [5.74, 6) is -0.988. The quantitative estimate of drug-likeness (QED) is 0.500. The lowest BCUT2D eigenvalue weighted by atomic mass is 10.0. The van der Waals surface area contributed by atoms with Gasteiger partial charge >= 0.3 is 0 Å². The smallest absolute Gasteiger partial charge is 0.255 e. The number of amides is 3. The lowest BCUT2D eigenvalue weighted by Crippen LogP contribution is -2.33. The van der Waals surface area contributed by atoms with E-state index in [1.807, 2.05) is 0 Å². The topological polar surface area (TPSA) is 105 Å². The summed E-state index contributed by atoms with van der Waals surface area (Å²) < 4.78 is 13.2. The van der Waals surface area contributed by atoms with Crippen molar-refractivity contribution in [1.82, 2.24) is 4.90 Å². The van der Waals surface area contributed by atoms with E-state index in [9.17, 15) is 18.8 Å². The maximum Gasteiger partial charge on any atom is 0.255 e. The lowest BCUT2D eigenvalue weighted by molar-refractivity contribution is -0.131. The first kappa shape index (κ1) is 22.0. The van der Waals surface area contributed by atoms with Crippen molar-refractivity contribution < 1.29 is 18.8 Å². The number of halogens is 1. The van der Waals surface area contributed by atoms with Crippen molar-refractivity contribution in [2.24, 2.45) is 0 Å². The van der Waals surface area contributed by atoms with E-state index in [2.05, 4.69) is 10.6 Å². The molecule has 4 N–H and O–H groups in total. The summed E-state index contributed by atoms with van der Waals surface area (Å²) in [6, 6.07) is 17.7. The fraction of sp³-hybridized carbons (Fsp3) is 0.160. The van der Waals surface area contributed by atoms with Gasteiger partial charge in [-0.15, -0.1) is 0 Å². The van der Waals surface area contributed by atoms with Crippen molar-refractivity contribution in [3.8, 4) is 11.1 Å². The fourth-order valence-corrected chi connectivity index (χ4v) is 3.63. The Bertz CT molecular complexity index is 1190. The average Bonchev–Trinajstić information content (AvgIpc) is 3.20. The van der Waals surface area contributed by atoms with Crippen LogP contribution in [-0.4, -0.2) is 35.7 Å². The lowest BCUT2D eigenvalue weighted by Gasteiger charge is -2.15. The minimum atomic E-state index is -0.363. The Morgan fingerprint density at radius 2 is 1.64 bits per heavy atom. The number of nitrogens with zero attached hydrogens (tertiary/aromatic N) is 1. The number of carbonyl (C=O) groups is 3. The third-order valence-electron chi connectivity index (χ3n) is 5.42. The molecule has 1 fully saturated rings. The molecule has 0 saturated carbocycles. The van der Waals surface area contributed by atoms with Gasteiger partial charge in [0.2, 0.25) is 11.8 Å². The van der Waals surface area contributed by atoms with Crippen LogP contribution in [0.1, 0.15) is 23.2 Å². The molecule has 0 aromatic heterocycles. The molecule has 1 saturated heterocycles. The zero-order valence-corrected chi connectivity index (χ0v) is 17.8. The molecule has 0 radical (unpaired) electrons.